The van der Waals surface area contributed by atoms with E-state index in [4.69, 9.17) is 4.74 Å². The second-order valence-corrected chi connectivity index (χ2v) is 12.0. The van der Waals surface area contributed by atoms with Crippen LogP contribution in [-0.2, 0) is 33.7 Å². The van der Waals surface area contributed by atoms with Gasteiger partial charge in [0.2, 0.25) is 11.8 Å². The first kappa shape index (κ1) is 26.4. The Bertz CT molecular complexity index is 1430. The first-order valence-electron chi connectivity index (χ1n) is 14.6. The maximum Gasteiger partial charge on any atom is 0.262 e. The number of piperidine rings is 1. The highest BCUT2D eigenvalue weighted by molar-refractivity contribution is 6.24. The molecule has 3 unspecified atom stereocenters. The molecule has 4 amide bonds. The molecule has 10 heteroatoms. The number of rotatable bonds is 7. The van der Waals surface area contributed by atoms with Gasteiger partial charge in [0, 0.05) is 45.2 Å². The van der Waals surface area contributed by atoms with Gasteiger partial charge >= 0.3 is 0 Å². The number of hydrogen-bond acceptors (Lipinski definition) is 7. The van der Waals surface area contributed by atoms with Gasteiger partial charge in [0.05, 0.1) is 23.3 Å². The van der Waals surface area contributed by atoms with Crippen molar-refractivity contribution in [3.63, 3.8) is 0 Å². The normalized spacial score (nSPS) is 26.9. The Kier molecular flexibility index (Phi) is 6.72. The van der Waals surface area contributed by atoms with Crippen LogP contribution in [0.1, 0.15) is 63.1 Å². The fourth-order valence-corrected chi connectivity index (χ4v) is 7.06. The van der Waals surface area contributed by atoms with E-state index >= 15 is 4.39 Å². The van der Waals surface area contributed by atoms with Crippen LogP contribution >= 0.6 is 0 Å². The van der Waals surface area contributed by atoms with Gasteiger partial charge in [-0.15, -0.1) is 0 Å². The molecule has 0 aromatic heterocycles. The maximum absolute atomic E-state index is 15.1. The summed E-state index contributed by atoms with van der Waals surface area (Å²) in [6.07, 6.45) is 4.04. The van der Waals surface area contributed by atoms with Crippen LogP contribution in [0.3, 0.4) is 0 Å². The van der Waals surface area contributed by atoms with Crippen LogP contribution < -0.4 is 5.32 Å². The van der Waals surface area contributed by atoms with E-state index in [0.29, 0.717) is 48.8 Å². The van der Waals surface area contributed by atoms with Gasteiger partial charge in [-0.3, -0.25) is 39.2 Å². The average molecular weight is 561 g/mol. The molecule has 4 saturated heterocycles. The Labute approximate surface area is 237 Å². The number of halogens is 1. The van der Waals surface area contributed by atoms with Crippen LogP contribution in [0.2, 0.25) is 0 Å². The van der Waals surface area contributed by atoms with Gasteiger partial charge in [0.15, 0.2) is 0 Å². The largest absolute Gasteiger partial charge is 0.372 e. The molecule has 214 valence electrons. The molecule has 1 N–H and O–H groups in total. The fraction of sp³-hybridized carbons (Fsp3) is 0.484. The molecule has 5 heterocycles. The van der Waals surface area contributed by atoms with E-state index in [1.54, 1.807) is 24.3 Å². The minimum Gasteiger partial charge on any atom is -0.372 e. The van der Waals surface area contributed by atoms with E-state index in [1.807, 2.05) is 12.1 Å². The first-order valence-corrected chi connectivity index (χ1v) is 14.6. The number of hydrogen-bond donors (Lipinski definition) is 1. The molecule has 3 atom stereocenters. The monoisotopic (exact) mass is 560 g/mol. The van der Waals surface area contributed by atoms with Crippen molar-refractivity contribution in [3.8, 4) is 0 Å². The third-order valence-electron chi connectivity index (χ3n) is 9.27. The van der Waals surface area contributed by atoms with E-state index in [2.05, 4.69) is 15.1 Å². The van der Waals surface area contributed by atoms with Gasteiger partial charge in [0.25, 0.3) is 11.8 Å². The smallest absolute Gasteiger partial charge is 0.262 e. The third kappa shape index (κ3) is 4.87. The fourth-order valence-electron chi connectivity index (χ4n) is 7.06. The molecule has 41 heavy (non-hydrogen) atoms. The van der Waals surface area contributed by atoms with Crippen LogP contribution in [0, 0.1) is 5.82 Å². The summed E-state index contributed by atoms with van der Waals surface area (Å²) >= 11 is 0. The number of morpholine rings is 1. The van der Waals surface area contributed by atoms with Gasteiger partial charge in [0.1, 0.15) is 11.9 Å². The van der Waals surface area contributed by atoms with Crippen LogP contribution in [0.25, 0.3) is 0 Å². The highest BCUT2D eigenvalue weighted by Gasteiger charge is 2.45. The molecule has 9 nitrogen and oxygen atoms in total. The molecule has 0 radical (unpaired) electrons. The second kappa shape index (κ2) is 10.4. The van der Waals surface area contributed by atoms with E-state index in [9.17, 15) is 19.2 Å². The predicted molar refractivity (Wildman–Crippen MR) is 145 cm³/mol. The van der Waals surface area contributed by atoms with Gasteiger partial charge in [-0.2, -0.15) is 0 Å². The summed E-state index contributed by atoms with van der Waals surface area (Å²) in [5.74, 6) is -2.40. The highest BCUT2D eigenvalue weighted by Crippen LogP contribution is 2.32. The molecule has 2 aromatic rings. The van der Waals surface area contributed by atoms with Gasteiger partial charge in [-0.1, -0.05) is 24.3 Å². The lowest BCUT2D eigenvalue weighted by atomic mass is 9.96. The van der Waals surface area contributed by atoms with Crippen LogP contribution in [-0.4, -0.2) is 88.8 Å². The van der Waals surface area contributed by atoms with Gasteiger partial charge in [-0.05, 0) is 60.9 Å². The molecule has 5 aliphatic rings. The van der Waals surface area contributed by atoms with E-state index < -0.39 is 29.7 Å². The lowest BCUT2D eigenvalue weighted by Gasteiger charge is -2.48. The Morgan fingerprint density at radius 2 is 1.63 bits per heavy atom. The number of nitrogens with zero attached hydrogens (tertiary/aromatic N) is 3. The molecule has 0 aliphatic carbocycles. The number of benzene rings is 2. The summed E-state index contributed by atoms with van der Waals surface area (Å²) in [5, 5.41) is 2.21. The molecule has 7 rings (SSSR count). The van der Waals surface area contributed by atoms with Crippen LogP contribution in [0.4, 0.5) is 4.39 Å². The second-order valence-electron chi connectivity index (χ2n) is 12.0. The molecule has 0 spiro atoms. The minimum absolute atomic E-state index is 0.0684. The number of nitrogens with one attached hydrogen (secondary N) is 1. The maximum atomic E-state index is 15.1. The average Bonchev–Trinajstić information content (AvgIpc) is 3.40. The van der Waals surface area contributed by atoms with Crippen molar-refractivity contribution >= 4 is 23.6 Å². The number of carbonyl (C=O) groups is 4. The van der Waals surface area contributed by atoms with Crippen molar-refractivity contribution in [2.45, 2.75) is 69.4 Å². The molecule has 2 aromatic carbocycles. The Morgan fingerprint density at radius 1 is 0.878 bits per heavy atom. The SMILES string of the molecule is O=C1CCC(N2C(=O)c3cccc(CCc4ccc(CN5CC(N6CC7CCC(C6)O7)C5)cc4F)c3C2=O)C(=O)N1. The Morgan fingerprint density at radius 3 is 2.37 bits per heavy atom. The number of ether oxygens (including phenoxy) is 1. The first-order chi connectivity index (χ1) is 19.8. The van der Waals surface area contributed by atoms with Crippen molar-refractivity contribution in [3.05, 3.63) is 70.0 Å². The summed E-state index contributed by atoms with van der Waals surface area (Å²) in [6.45, 7) is 4.74. The van der Waals surface area contributed by atoms with Crippen molar-refractivity contribution in [1.82, 2.24) is 20.0 Å². The van der Waals surface area contributed by atoms with E-state index in [0.717, 1.165) is 36.6 Å². The topological polar surface area (TPSA) is 99.3 Å². The highest BCUT2D eigenvalue weighted by atomic mass is 19.1. The summed E-state index contributed by atoms with van der Waals surface area (Å²) in [5.41, 5.74) is 2.64. The Hall–Kier alpha value is -3.47. The van der Waals surface area contributed by atoms with Crippen molar-refractivity contribution < 1.29 is 28.3 Å². The summed E-state index contributed by atoms with van der Waals surface area (Å²) in [4.78, 5) is 56.2. The lowest BCUT2D eigenvalue weighted by Crippen LogP contribution is -2.62. The number of fused-ring (bicyclic) bond motifs is 3. The zero-order valence-corrected chi connectivity index (χ0v) is 22.8. The lowest BCUT2D eigenvalue weighted by molar-refractivity contribution is -0.136. The number of carbonyl (C=O) groups excluding carboxylic acids is 4. The number of amides is 4. The number of imide groups is 2. The summed E-state index contributed by atoms with van der Waals surface area (Å²) in [6, 6.07) is 9.97. The summed E-state index contributed by atoms with van der Waals surface area (Å²) in [7, 11) is 0. The molecule has 2 bridgehead atoms. The molecular weight excluding hydrogens is 527 g/mol. The van der Waals surface area contributed by atoms with Crippen molar-refractivity contribution in [2.75, 3.05) is 26.2 Å². The molecule has 5 aliphatic heterocycles. The van der Waals surface area contributed by atoms with Gasteiger partial charge < -0.3 is 4.74 Å². The number of aryl methyl sites for hydroxylation is 2. The minimum atomic E-state index is -1.01. The van der Waals surface area contributed by atoms with Crippen LogP contribution in [0.15, 0.2) is 36.4 Å². The van der Waals surface area contributed by atoms with E-state index in [1.165, 1.54) is 12.8 Å². The summed E-state index contributed by atoms with van der Waals surface area (Å²) < 4.78 is 21.1. The van der Waals surface area contributed by atoms with Crippen LogP contribution in [0.5, 0.6) is 0 Å². The third-order valence-corrected chi connectivity index (χ3v) is 9.27. The van der Waals surface area contributed by atoms with Crippen molar-refractivity contribution in [2.24, 2.45) is 0 Å². The Balaban J connectivity index is 0.971. The predicted octanol–water partition coefficient (Wildman–Crippen LogP) is 2.06. The standard InChI is InChI=1S/C31H33FN4O5/c32-25-12-18(13-34-14-21(15-34)35-16-22-8-9-23(17-35)41-22)4-5-19(25)6-7-20-2-1-3-24-28(20)31(40)36(30(24)39)26-10-11-27(37)33-29(26)38/h1-5,12,21-23,26H,6-11,13-17H2,(H,33,37,38). The zero-order valence-electron chi connectivity index (χ0n) is 22.8. The molecule has 4 fully saturated rings. The zero-order chi connectivity index (χ0) is 28.2. The van der Waals surface area contributed by atoms with E-state index in [-0.39, 0.29) is 29.8 Å². The quantitative estimate of drug-likeness (QED) is 0.518. The molecule has 0 saturated carbocycles. The van der Waals surface area contributed by atoms with Crippen molar-refractivity contribution in [1.29, 1.82) is 0 Å². The number of likely N-dealkylation sites (tertiary alicyclic amines) is 2. The van der Waals surface area contributed by atoms with Gasteiger partial charge in [-0.25, -0.2) is 4.39 Å². The molecular formula is C31H33FN4O5.